The molecule has 5 heteroatoms. The van der Waals surface area contributed by atoms with Gasteiger partial charge in [-0.15, -0.1) is 0 Å². The molecule has 2 aromatic rings. The highest BCUT2D eigenvalue weighted by Gasteiger charge is 2.49. The summed E-state index contributed by atoms with van der Waals surface area (Å²) in [7, 11) is 2.16. The third-order valence-corrected chi connectivity index (χ3v) is 6.52. The number of anilines is 1. The first-order chi connectivity index (χ1) is 13.0. The maximum Gasteiger partial charge on any atom is 0.415 e. The molecule has 3 aliphatic rings. The predicted octanol–water partition coefficient (Wildman–Crippen LogP) is 3.59. The highest BCUT2D eigenvalue weighted by atomic mass is 16.6. The molecule has 2 atom stereocenters. The van der Waals surface area contributed by atoms with Gasteiger partial charge in [-0.2, -0.15) is 0 Å². The van der Waals surface area contributed by atoms with Crippen molar-refractivity contribution in [1.82, 2.24) is 9.80 Å². The van der Waals surface area contributed by atoms with Crippen LogP contribution in [0.15, 0.2) is 42.5 Å². The number of ether oxygens (including phenoxy) is 1. The second-order valence-corrected chi connectivity index (χ2v) is 8.21. The molecule has 3 aliphatic heterocycles. The minimum Gasteiger partial charge on any atom is -0.410 e. The first-order valence-corrected chi connectivity index (χ1v) is 9.69. The number of likely N-dealkylation sites (tertiary alicyclic amines) is 1. The Morgan fingerprint density at radius 3 is 2.85 bits per heavy atom. The maximum absolute atomic E-state index is 12.7. The summed E-state index contributed by atoms with van der Waals surface area (Å²) in [5.41, 5.74) is 5.01. The normalized spacial score (nSPS) is 26.1. The van der Waals surface area contributed by atoms with Gasteiger partial charge in [0.15, 0.2) is 0 Å². The summed E-state index contributed by atoms with van der Waals surface area (Å²) in [4.78, 5) is 16.9. The third-order valence-electron chi connectivity index (χ3n) is 6.52. The fraction of sp³-hybridized carbons (Fsp3) is 0.409. The van der Waals surface area contributed by atoms with Crippen LogP contribution in [0.2, 0.25) is 0 Å². The first kappa shape index (κ1) is 16.6. The van der Waals surface area contributed by atoms with E-state index in [0.29, 0.717) is 25.0 Å². The van der Waals surface area contributed by atoms with Crippen LogP contribution in [0, 0.1) is 0 Å². The number of amides is 1. The number of nitrogens with zero attached hydrogens (tertiary/aromatic N) is 2. The molecule has 0 radical (unpaired) electrons. The van der Waals surface area contributed by atoms with Gasteiger partial charge in [0.1, 0.15) is 5.75 Å². The predicted molar refractivity (Wildman–Crippen MR) is 105 cm³/mol. The molecule has 1 fully saturated rings. The van der Waals surface area contributed by atoms with Crippen LogP contribution in [0.5, 0.6) is 5.75 Å². The Morgan fingerprint density at radius 1 is 1.19 bits per heavy atom. The zero-order chi connectivity index (χ0) is 18.6. The number of benzene rings is 2. The first-order valence-electron chi connectivity index (χ1n) is 9.69. The number of carbonyl (C=O) groups excluding carboxylic acids is 1. The number of fused-ring (bicyclic) bond motifs is 4. The van der Waals surface area contributed by atoms with Crippen LogP contribution in [-0.2, 0) is 18.4 Å². The average Bonchev–Trinajstić information content (AvgIpc) is 3.14. The smallest absolute Gasteiger partial charge is 0.410 e. The fourth-order valence-corrected chi connectivity index (χ4v) is 4.86. The van der Waals surface area contributed by atoms with Crippen molar-refractivity contribution in [3.8, 4) is 5.75 Å². The Bertz CT molecular complexity index is 912. The number of carbonyl (C=O) groups is 1. The quantitative estimate of drug-likeness (QED) is 0.841. The molecule has 1 N–H and O–H groups in total. The number of rotatable bonds is 1. The minimum atomic E-state index is -0.263. The van der Waals surface area contributed by atoms with Crippen LogP contribution in [0.3, 0.4) is 0 Å². The highest BCUT2D eigenvalue weighted by molar-refractivity contribution is 5.72. The number of hydrogen-bond donors (Lipinski definition) is 1. The van der Waals surface area contributed by atoms with E-state index in [9.17, 15) is 4.79 Å². The van der Waals surface area contributed by atoms with Gasteiger partial charge in [0.05, 0.1) is 6.17 Å². The van der Waals surface area contributed by atoms with Crippen LogP contribution in [0.25, 0.3) is 0 Å². The molecule has 1 amide bonds. The van der Waals surface area contributed by atoms with Crippen LogP contribution in [0.4, 0.5) is 10.5 Å². The van der Waals surface area contributed by atoms with E-state index in [2.05, 4.69) is 48.5 Å². The molecule has 1 saturated heterocycles. The summed E-state index contributed by atoms with van der Waals surface area (Å²) in [5.74, 6) is 0.635. The van der Waals surface area contributed by atoms with Gasteiger partial charge in [-0.25, -0.2) is 4.79 Å². The number of likely N-dealkylation sites (N-methyl/N-ethyl adjacent to an activating group) is 1. The molecule has 5 rings (SSSR count). The van der Waals surface area contributed by atoms with E-state index in [0.717, 1.165) is 25.1 Å². The fourth-order valence-electron chi connectivity index (χ4n) is 4.86. The van der Waals surface area contributed by atoms with Gasteiger partial charge in [0.25, 0.3) is 0 Å². The Morgan fingerprint density at radius 2 is 2.00 bits per heavy atom. The van der Waals surface area contributed by atoms with E-state index in [1.807, 2.05) is 18.2 Å². The molecule has 0 spiro atoms. The van der Waals surface area contributed by atoms with Crippen molar-refractivity contribution in [3.63, 3.8) is 0 Å². The van der Waals surface area contributed by atoms with Gasteiger partial charge < -0.3 is 15.0 Å². The van der Waals surface area contributed by atoms with Crippen LogP contribution < -0.4 is 10.1 Å². The Balaban J connectivity index is 1.34. The maximum atomic E-state index is 12.7. The molecule has 0 aliphatic carbocycles. The molecule has 0 aromatic heterocycles. The van der Waals surface area contributed by atoms with E-state index in [1.54, 1.807) is 4.90 Å². The van der Waals surface area contributed by atoms with Gasteiger partial charge in [-0.05, 0) is 54.8 Å². The summed E-state index contributed by atoms with van der Waals surface area (Å²) >= 11 is 0. The monoisotopic (exact) mass is 363 g/mol. The number of hydrogen-bond acceptors (Lipinski definition) is 4. The van der Waals surface area contributed by atoms with E-state index in [-0.39, 0.29) is 11.5 Å². The topological polar surface area (TPSA) is 44.8 Å². The SMILES string of the molecule is CN1CC[C@@]2(C)c3cc(OC(=O)N4CCc5ccccc5C4)ccc3N[C@@H]12. The van der Waals surface area contributed by atoms with E-state index in [4.69, 9.17) is 4.74 Å². The second kappa shape index (κ2) is 5.99. The van der Waals surface area contributed by atoms with E-state index >= 15 is 0 Å². The van der Waals surface area contributed by atoms with Crippen molar-refractivity contribution >= 4 is 11.8 Å². The Kier molecular flexibility index (Phi) is 3.69. The lowest BCUT2D eigenvalue weighted by Crippen LogP contribution is -2.39. The summed E-state index contributed by atoms with van der Waals surface area (Å²) in [6, 6.07) is 14.3. The molecule has 0 bridgehead atoms. The van der Waals surface area contributed by atoms with Crippen LogP contribution in [0.1, 0.15) is 30.0 Å². The summed E-state index contributed by atoms with van der Waals surface area (Å²) in [5, 5.41) is 3.62. The standard InChI is InChI=1S/C22H25N3O2/c1-22-10-12-24(2)20(22)23-19-8-7-17(13-18(19)22)27-21(26)25-11-9-15-5-3-4-6-16(15)14-25/h3-8,13,20,23H,9-12,14H2,1-2H3/t20-,22-/m0/s1. The molecule has 27 heavy (non-hydrogen) atoms. The van der Waals surface area contributed by atoms with Crippen molar-refractivity contribution in [2.45, 2.75) is 37.9 Å². The second-order valence-electron chi connectivity index (χ2n) is 8.21. The van der Waals surface area contributed by atoms with Crippen LogP contribution in [-0.4, -0.2) is 42.2 Å². The molecule has 2 aromatic carbocycles. The Hall–Kier alpha value is -2.53. The molecular weight excluding hydrogens is 338 g/mol. The molecule has 3 heterocycles. The average molecular weight is 363 g/mol. The third kappa shape index (κ3) is 2.60. The van der Waals surface area contributed by atoms with Gasteiger partial charge in [-0.3, -0.25) is 4.90 Å². The highest BCUT2D eigenvalue weighted by Crippen LogP contribution is 2.48. The summed E-state index contributed by atoms with van der Waals surface area (Å²) in [6.45, 7) is 4.69. The van der Waals surface area contributed by atoms with E-state index in [1.165, 1.54) is 16.7 Å². The minimum absolute atomic E-state index is 0.0660. The van der Waals surface area contributed by atoms with Crippen molar-refractivity contribution in [2.24, 2.45) is 0 Å². The van der Waals surface area contributed by atoms with Crippen molar-refractivity contribution in [3.05, 3.63) is 59.2 Å². The van der Waals surface area contributed by atoms with Crippen molar-refractivity contribution in [2.75, 3.05) is 25.5 Å². The lowest BCUT2D eigenvalue weighted by atomic mass is 9.81. The van der Waals surface area contributed by atoms with Gasteiger partial charge in [0, 0.05) is 30.7 Å². The molecule has 0 unspecified atom stereocenters. The molecule has 0 saturated carbocycles. The molecule has 5 nitrogen and oxygen atoms in total. The van der Waals surface area contributed by atoms with Crippen LogP contribution >= 0.6 is 0 Å². The Labute approximate surface area is 159 Å². The van der Waals surface area contributed by atoms with Gasteiger partial charge >= 0.3 is 6.09 Å². The molecular formula is C22H25N3O2. The largest absolute Gasteiger partial charge is 0.415 e. The zero-order valence-corrected chi connectivity index (χ0v) is 15.9. The summed E-state index contributed by atoms with van der Waals surface area (Å²) in [6.07, 6.45) is 2.04. The summed E-state index contributed by atoms with van der Waals surface area (Å²) < 4.78 is 5.76. The van der Waals surface area contributed by atoms with Crippen molar-refractivity contribution in [1.29, 1.82) is 0 Å². The van der Waals surface area contributed by atoms with E-state index < -0.39 is 0 Å². The lowest BCUT2D eigenvalue weighted by molar-refractivity contribution is 0.147. The number of nitrogens with one attached hydrogen (secondary N) is 1. The van der Waals surface area contributed by atoms with Gasteiger partial charge in [0.2, 0.25) is 0 Å². The van der Waals surface area contributed by atoms with Gasteiger partial charge in [-0.1, -0.05) is 31.2 Å². The van der Waals surface area contributed by atoms with Crippen molar-refractivity contribution < 1.29 is 9.53 Å². The molecule has 140 valence electrons. The zero-order valence-electron chi connectivity index (χ0n) is 15.9. The lowest BCUT2D eigenvalue weighted by Gasteiger charge is -2.28.